The van der Waals surface area contributed by atoms with E-state index in [1.165, 1.54) is 54.6 Å². The van der Waals surface area contributed by atoms with Crippen molar-refractivity contribution in [2.45, 2.75) is 0 Å². The lowest BCUT2D eigenvalue weighted by atomic mass is 10.1. The smallest absolute Gasteiger partial charge is 0.335 e. The summed E-state index contributed by atoms with van der Waals surface area (Å²) in [7, 11) is 0. The first kappa shape index (κ1) is 24.7. The fourth-order valence-electron chi connectivity index (χ4n) is 3.42. The average Bonchev–Trinajstić information content (AvgIpc) is 2.87. The Kier molecular flexibility index (Phi) is 7.00. The Labute approximate surface area is 208 Å². The molecule has 1 heterocycles. The number of hydrogen-bond donors (Lipinski definition) is 2. The van der Waals surface area contributed by atoms with E-state index in [9.17, 15) is 33.7 Å². The fourth-order valence-corrected chi connectivity index (χ4v) is 3.42. The van der Waals surface area contributed by atoms with E-state index >= 15 is 0 Å². The molecule has 0 atom stereocenters. The van der Waals surface area contributed by atoms with Crippen LogP contribution in [0.5, 0.6) is 5.75 Å². The number of ether oxygens (including phenoxy) is 1. The molecule has 186 valence electrons. The molecule has 11 nitrogen and oxygen atoms in total. The zero-order chi connectivity index (χ0) is 26.5. The second-order valence-electron chi connectivity index (χ2n) is 7.59. The summed E-state index contributed by atoms with van der Waals surface area (Å²) in [5.74, 6) is -3.14. The summed E-state index contributed by atoms with van der Waals surface area (Å²) in [6.07, 6.45) is 1.17. The standard InChI is InChI=1S/C25H17FN4O7/c26-19-9-2-3-10-20(19)27-22(31)14-37-21-11-4-1-6-15(21)12-18-23(32)28-25(34)29(24(18)33)16-7-5-8-17(13-16)30(35)36/h1-13H,14H2,(H,27,31)(H,28,32,34)/b18-12-. The van der Waals surface area contributed by atoms with Crippen LogP contribution in [0.2, 0.25) is 0 Å². The van der Waals surface area contributed by atoms with Crippen LogP contribution in [0.25, 0.3) is 6.08 Å². The maximum Gasteiger partial charge on any atom is 0.335 e. The fraction of sp³-hybridized carbons (Fsp3) is 0.0400. The zero-order valence-electron chi connectivity index (χ0n) is 18.8. The van der Waals surface area contributed by atoms with Crippen LogP contribution in [0.15, 0.2) is 78.4 Å². The second-order valence-corrected chi connectivity index (χ2v) is 7.59. The van der Waals surface area contributed by atoms with E-state index in [1.54, 1.807) is 18.2 Å². The third-order valence-corrected chi connectivity index (χ3v) is 5.13. The van der Waals surface area contributed by atoms with Gasteiger partial charge in [0.2, 0.25) is 0 Å². The summed E-state index contributed by atoms with van der Waals surface area (Å²) >= 11 is 0. The number of carbonyl (C=O) groups is 4. The quantitative estimate of drug-likeness (QED) is 0.217. The number of amides is 5. The topological polar surface area (TPSA) is 148 Å². The first-order valence-electron chi connectivity index (χ1n) is 10.7. The van der Waals surface area contributed by atoms with Crippen molar-refractivity contribution in [1.29, 1.82) is 0 Å². The van der Waals surface area contributed by atoms with Crippen molar-refractivity contribution in [2.75, 3.05) is 16.8 Å². The van der Waals surface area contributed by atoms with E-state index in [-0.39, 0.29) is 28.4 Å². The molecule has 0 saturated carbocycles. The Morgan fingerprint density at radius 2 is 1.78 bits per heavy atom. The Hall–Kier alpha value is -5.39. The lowest BCUT2D eigenvalue weighted by Crippen LogP contribution is -2.54. The van der Waals surface area contributed by atoms with Gasteiger partial charge in [-0.15, -0.1) is 0 Å². The minimum atomic E-state index is -1.07. The third-order valence-electron chi connectivity index (χ3n) is 5.13. The van der Waals surface area contributed by atoms with Crippen LogP contribution in [-0.4, -0.2) is 35.3 Å². The molecule has 1 saturated heterocycles. The number of para-hydroxylation sites is 2. The number of nitrogens with zero attached hydrogens (tertiary/aromatic N) is 2. The van der Waals surface area contributed by atoms with Gasteiger partial charge in [0.05, 0.1) is 16.3 Å². The summed E-state index contributed by atoms with van der Waals surface area (Å²) in [6, 6.07) is 15.5. The van der Waals surface area contributed by atoms with Gasteiger partial charge in [0.15, 0.2) is 6.61 Å². The SMILES string of the molecule is O=C(COc1ccccc1/C=C1/C(=O)NC(=O)N(c2cccc([N+](=O)[O-])c2)C1=O)Nc1ccccc1F. The van der Waals surface area contributed by atoms with Gasteiger partial charge in [-0.1, -0.05) is 36.4 Å². The minimum Gasteiger partial charge on any atom is -0.483 e. The first-order valence-corrected chi connectivity index (χ1v) is 10.7. The third kappa shape index (κ3) is 5.48. The highest BCUT2D eigenvalue weighted by Crippen LogP contribution is 2.27. The molecule has 0 radical (unpaired) electrons. The molecule has 1 aliphatic rings. The summed E-state index contributed by atoms with van der Waals surface area (Å²) in [4.78, 5) is 61.2. The van der Waals surface area contributed by atoms with Gasteiger partial charge in [0, 0.05) is 17.7 Å². The van der Waals surface area contributed by atoms with E-state index < -0.39 is 46.7 Å². The number of anilines is 2. The van der Waals surface area contributed by atoms with Crippen molar-refractivity contribution in [2.24, 2.45) is 0 Å². The molecule has 0 spiro atoms. The minimum absolute atomic E-state index is 0.0260. The first-order chi connectivity index (χ1) is 17.7. The number of nitro benzene ring substituents is 1. The molecule has 0 unspecified atom stereocenters. The molecule has 1 aliphatic heterocycles. The molecule has 1 fully saturated rings. The average molecular weight is 504 g/mol. The summed E-state index contributed by atoms with van der Waals surface area (Å²) in [6.45, 7) is -0.507. The molecule has 0 aliphatic carbocycles. The molecule has 2 N–H and O–H groups in total. The molecule has 0 bridgehead atoms. The van der Waals surface area contributed by atoms with Gasteiger partial charge in [0.25, 0.3) is 23.4 Å². The lowest BCUT2D eigenvalue weighted by molar-refractivity contribution is -0.384. The Balaban J connectivity index is 1.57. The Morgan fingerprint density at radius 1 is 1.05 bits per heavy atom. The van der Waals surface area contributed by atoms with Crippen LogP contribution in [0, 0.1) is 15.9 Å². The predicted molar refractivity (Wildman–Crippen MR) is 129 cm³/mol. The number of non-ortho nitro benzene ring substituents is 1. The molecule has 37 heavy (non-hydrogen) atoms. The highest BCUT2D eigenvalue weighted by Gasteiger charge is 2.37. The number of carbonyl (C=O) groups excluding carboxylic acids is 4. The van der Waals surface area contributed by atoms with Gasteiger partial charge in [-0.3, -0.25) is 29.8 Å². The zero-order valence-corrected chi connectivity index (χ0v) is 18.8. The van der Waals surface area contributed by atoms with Gasteiger partial charge in [-0.25, -0.2) is 14.1 Å². The van der Waals surface area contributed by atoms with Crippen molar-refractivity contribution < 1.29 is 33.2 Å². The van der Waals surface area contributed by atoms with E-state index in [0.29, 0.717) is 4.90 Å². The number of imide groups is 2. The number of nitrogens with one attached hydrogen (secondary N) is 2. The van der Waals surface area contributed by atoms with Gasteiger partial charge in [-0.05, 0) is 30.3 Å². The van der Waals surface area contributed by atoms with Crippen molar-refractivity contribution in [3.05, 3.63) is 99.9 Å². The summed E-state index contributed by atoms with van der Waals surface area (Å²) < 4.78 is 19.3. The largest absolute Gasteiger partial charge is 0.483 e. The molecular formula is C25H17FN4O7. The van der Waals surface area contributed by atoms with Crippen molar-refractivity contribution >= 4 is 46.9 Å². The highest BCUT2D eigenvalue weighted by atomic mass is 19.1. The number of urea groups is 1. The summed E-state index contributed by atoms with van der Waals surface area (Å²) in [5, 5.41) is 15.5. The van der Waals surface area contributed by atoms with Crippen LogP contribution in [-0.2, 0) is 14.4 Å². The predicted octanol–water partition coefficient (Wildman–Crippen LogP) is 3.42. The van der Waals surface area contributed by atoms with Crippen LogP contribution in [0.4, 0.5) is 26.2 Å². The second kappa shape index (κ2) is 10.5. The Bertz CT molecular complexity index is 1470. The molecule has 3 aromatic carbocycles. The highest BCUT2D eigenvalue weighted by molar-refractivity contribution is 6.39. The molecule has 0 aromatic heterocycles. The number of barbiturate groups is 1. The van der Waals surface area contributed by atoms with E-state index in [4.69, 9.17) is 4.74 Å². The molecular weight excluding hydrogens is 487 g/mol. The number of benzene rings is 3. The van der Waals surface area contributed by atoms with Gasteiger partial charge in [-0.2, -0.15) is 0 Å². The van der Waals surface area contributed by atoms with Crippen molar-refractivity contribution in [1.82, 2.24) is 5.32 Å². The maximum absolute atomic E-state index is 13.8. The Morgan fingerprint density at radius 3 is 2.54 bits per heavy atom. The van der Waals surface area contributed by atoms with Crippen LogP contribution in [0.3, 0.4) is 0 Å². The van der Waals surface area contributed by atoms with Crippen LogP contribution < -0.4 is 20.3 Å². The van der Waals surface area contributed by atoms with Crippen molar-refractivity contribution in [3.8, 4) is 5.75 Å². The molecule has 4 rings (SSSR count). The van der Waals surface area contributed by atoms with Gasteiger partial charge < -0.3 is 10.1 Å². The van der Waals surface area contributed by atoms with E-state index in [0.717, 1.165) is 6.07 Å². The summed E-state index contributed by atoms with van der Waals surface area (Å²) in [5.41, 5.74) is -0.703. The van der Waals surface area contributed by atoms with Gasteiger partial charge in [0.1, 0.15) is 17.1 Å². The van der Waals surface area contributed by atoms with Crippen LogP contribution >= 0.6 is 0 Å². The number of halogens is 1. The molecule has 5 amide bonds. The normalized spacial score (nSPS) is 14.4. The number of nitro groups is 1. The van der Waals surface area contributed by atoms with Crippen molar-refractivity contribution in [3.63, 3.8) is 0 Å². The van der Waals surface area contributed by atoms with E-state index in [1.807, 2.05) is 5.32 Å². The van der Waals surface area contributed by atoms with E-state index in [2.05, 4.69) is 5.32 Å². The van der Waals surface area contributed by atoms with Crippen LogP contribution in [0.1, 0.15) is 5.56 Å². The number of rotatable bonds is 7. The maximum atomic E-state index is 13.8. The molecule has 3 aromatic rings. The van der Waals surface area contributed by atoms with Gasteiger partial charge >= 0.3 is 6.03 Å². The molecule has 12 heteroatoms. The number of hydrogen-bond acceptors (Lipinski definition) is 7. The monoisotopic (exact) mass is 504 g/mol. The lowest BCUT2D eigenvalue weighted by Gasteiger charge is -2.26.